The number of anilines is 1. The van der Waals surface area contributed by atoms with Gasteiger partial charge in [-0.1, -0.05) is 5.16 Å². The van der Waals surface area contributed by atoms with Crippen LogP contribution in [0.4, 0.5) is 5.82 Å². The van der Waals surface area contributed by atoms with Crippen LogP contribution in [0, 0.1) is 0 Å². The third-order valence-electron chi connectivity index (χ3n) is 2.24. The van der Waals surface area contributed by atoms with Gasteiger partial charge in [-0.25, -0.2) is 0 Å². The van der Waals surface area contributed by atoms with Crippen LogP contribution in [-0.4, -0.2) is 18.8 Å². The van der Waals surface area contributed by atoms with Crippen molar-refractivity contribution in [3.8, 4) is 17.1 Å². The second-order valence-corrected chi connectivity index (χ2v) is 3.34. The first-order valence-electron chi connectivity index (χ1n) is 5.18. The molecular formula is C12H14N2O2. The number of nitrogens with one attached hydrogen (secondary N) is 1. The van der Waals surface area contributed by atoms with Gasteiger partial charge in [-0.15, -0.1) is 0 Å². The molecule has 0 aliphatic rings. The summed E-state index contributed by atoms with van der Waals surface area (Å²) in [6, 6.07) is 9.55. The molecule has 4 heteroatoms. The topological polar surface area (TPSA) is 47.3 Å². The predicted molar refractivity (Wildman–Crippen MR) is 62.7 cm³/mol. The standard InChI is InChI=1S/C12H14N2O2/c1-3-13-12-8-11(16-14-12)9-4-6-10(15-2)7-5-9/h4-8H,3H2,1-2H3,(H,13,14). The Hall–Kier alpha value is -1.97. The van der Waals surface area contributed by atoms with Gasteiger partial charge in [0.05, 0.1) is 7.11 Å². The van der Waals surface area contributed by atoms with Crippen LogP contribution in [0.2, 0.25) is 0 Å². The molecule has 0 amide bonds. The SMILES string of the molecule is CCNc1cc(-c2ccc(OC)cc2)on1. The summed E-state index contributed by atoms with van der Waals surface area (Å²) in [7, 11) is 1.65. The molecule has 0 atom stereocenters. The van der Waals surface area contributed by atoms with Gasteiger partial charge in [0.15, 0.2) is 11.6 Å². The average Bonchev–Trinajstić information content (AvgIpc) is 2.78. The summed E-state index contributed by atoms with van der Waals surface area (Å²) in [4.78, 5) is 0. The highest BCUT2D eigenvalue weighted by atomic mass is 16.5. The minimum Gasteiger partial charge on any atom is -0.497 e. The van der Waals surface area contributed by atoms with Crippen LogP contribution in [0.25, 0.3) is 11.3 Å². The Bertz CT molecular complexity index is 448. The third kappa shape index (κ3) is 2.16. The molecule has 2 aromatic rings. The van der Waals surface area contributed by atoms with E-state index in [1.54, 1.807) is 7.11 Å². The first-order valence-corrected chi connectivity index (χ1v) is 5.18. The molecule has 0 saturated heterocycles. The predicted octanol–water partition coefficient (Wildman–Crippen LogP) is 2.78. The summed E-state index contributed by atoms with van der Waals surface area (Å²) < 4.78 is 10.3. The highest BCUT2D eigenvalue weighted by Gasteiger charge is 2.05. The summed E-state index contributed by atoms with van der Waals surface area (Å²) in [6.07, 6.45) is 0. The Kier molecular flexibility index (Phi) is 3.10. The lowest BCUT2D eigenvalue weighted by Gasteiger charge is -1.99. The molecule has 2 rings (SSSR count). The highest BCUT2D eigenvalue weighted by Crippen LogP contribution is 2.24. The third-order valence-corrected chi connectivity index (χ3v) is 2.24. The number of benzene rings is 1. The number of rotatable bonds is 4. The van der Waals surface area contributed by atoms with E-state index in [-0.39, 0.29) is 0 Å². The van der Waals surface area contributed by atoms with Gasteiger partial charge in [0.25, 0.3) is 0 Å². The second kappa shape index (κ2) is 4.70. The highest BCUT2D eigenvalue weighted by molar-refractivity contribution is 5.61. The fourth-order valence-electron chi connectivity index (χ4n) is 1.43. The van der Waals surface area contributed by atoms with Crippen molar-refractivity contribution in [3.63, 3.8) is 0 Å². The maximum absolute atomic E-state index is 5.22. The molecule has 1 aromatic heterocycles. The molecule has 0 aliphatic heterocycles. The monoisotopic (exact) mass is 218 g/mol. The molecule has 1 N–H and O–H groups in total. The lowest BCUT2D eigenvalue weighted by atomic mass is 10.2. The van der Waals surface area contributed by atoms with Crippen LogP contribution < -0.4 is 10.1 Å². The van der Waals surface area contributed by atoms with Gasteiger partial charge in [-0.05, 0) is 31.2 Å². The van der Waals surface area contributed by atoms with Crippen molar-refractivity contribution in [2.45, 2.75) is 6.92 Å². The zero-order valence-electron chi connectivity index (χ0n) is 9.36. The number of hydrogen-bond acceptors (Lipinski definition) is 4. The maximum Gasteiger partial charge on any atom is 0.170 e. The molecule has 0 saturated carbocycles. The van der Waals surface area contributed by atoms with Gasteiger partial charge >= 0.3 is 0 Å². The number of hydrogen-bond donors (Lipinski definition) is 1. The molecule has 1 aromatic carbocycles. The smallest absolute Gasteiger partial charge is 0.170 e. The number of ether oxygens (including phenoxy) is 1. The van der Waals surface area contributed by atoms with E-state index in [4.69, 9.17) is 9.26 Å². The lowest BCUT2D eigenvalue weighted by Crippen LogP contribution is -1.95. The largest absolute Gasteiger partial charge is 0.497 e. The average molecular weight is 218 g/mol. The van der Waals surface area contributed by atoms with Gasteiger partial charge in [0.2, 0.25) is 0 Å². The molecule has 4 nitrogen and oxygen atoms in total. The van der Waals surface area contributed by atoms with Crippen LogP contribution in [-0.2, 0) is 0 Å². The van der Waals surface area contributed by atoms with Gasteiger partial charge < -0.3 is 14.6 Å². The molecule has 0 bridgehead atoms. The Morgan fingerprint density at radius 2 is 2.06 bits per heavy atom. The number of methoxy groups -OCH3 is 1. The van der Waals surface area contributed by atoms with E-state index in [0.29, 0.717) is 0 Å². The summed E-state index contributed by atoms with van der Waals surface area (Å²) in [6.45, 7) is 2.84. The first-order chi connectivity index (χ1) is 7.83. The molecule has 0 unspecified atom stereocenters. The van der Waals surface area contributed by atoms with Crippen molar-refractivity contribution in [3.05, 3.63) is 30.3 Å². The van der Waals surface area contributed by atoms with Crippen LogP contribution in [0.3, 0.4) is 0 Å². The molecule has 0 spiro atoms. The molecule has 0 aliphatic carbocycles. The Morgan fingerprint density at radius 3 is 2.69 bits per heavy atom. The van der Waals surface area contributed by atoms with E-state index in [2.05, 4.69) is 10.5 Å². The summed E-state index contributed by atoms with van der Waals surface area (Å²) in [5.74, 6) is 2.34. The zero-order chi connectivity index (χ0) is 11.4. The van der Waals surface area contributed by atoms with E-state index < -0.39 is 0 Å². The zero-order valence-corrected chi connectivity index (χ0v) is 9.36. The first kappa shape index (κ1) is 10.5. The van der Waals surface area contributed by atoms with Crippen LogP contribution in [0.1, 0.15) is 6.92 Å². The van der Waals surface area contributed by atoms with Crippen LogP contribution in [0.15, 0.2) is 34.9 Å². The van der Waals surface area contributed by atoms with E-state index in [9.17, 15) is 0 Å². The van der Waals surface area contributed by atoms with Gasteiger partial charge in [-0.3, -0.25) is 0 Å². The number of nitrogens with zero attached hydrogens (tertiary/aromatic N) is 1. The van der Waals surface area contributed by atoms with Gasteiger partial charge in [-0.2, -0.15) is 0 Å². The maximum atomic E-state index is 5.22. The van der Waals surface area contributed by atoms with Crippen LogP contribution in [0.5, 0.6) is 5.75 Å². The minimum absolute atomic E-state index is 0.749. The molecule has 16 heavy (non-hydrogen) atoms. The van der Waals surface area contributed by atoms with Gasteiger partial charge in [0, 0.05) is 18.2 Å². The summed E-state index contributed by atoms with van der Waals surface area (Å²) in [5.41, 5.74) is 0.984. The quantitative estimate of drug-likeness (QED) is 0.857. The summed E-state index contributed by atoms with van der Waals surface area (Å²) >= 11 is 0. The van der Waals surface area contributed by atoms with E-state index in [1.807, 2.05) is 37.3 Å². The molecule has 0 radical (unpaired) electrons. The molecule has 84 valence electrons. The molecular weight excluding hydrogens is 204 g/mol. The second-order valence-electron chi connectivity index (χ2n) is 3.34. The molecule has 1 heterocycles. The Balaban J connectivity index is 2.21. The minimum atomic E-state index is 0.749. The van der Waals surface area contributed by atoms with Crippen molar-refractivity contribution in [2.24, 2.45) is 0 Å². The van der Waals surface area contributed by atoms with Crippen molar-refractivity contribution in [1.82, 2.24) is 5.16 Å². The fraction of sp³-hybridized carbons (Fsp3) is 0.250. The van der Waals surface area contributed by atoms with Gasteiger partial charge in [0.1, 0.15) is 5.75 Å². The van der Waals surface area contributed by atoms with Crippen molar-refractivity contribution >= 4 is 5.82 Å². The van der Waals surface area contributed by atoms with E-state index >= 15 is 0 Å². The van der Waals surface area contributed by atoms with Crippen molar-refractivity contribution in [1.29, 1.82) is 0 Å². The fourth-order valence-corrected chi connectivity index (χ4v) is 1.43. The van der Waals surface area contributed by atoms with E-state index in [1.165, 1.54) is 0 Å². The summed E-state index contributed by atoms with van der Waals surface area (Å²) in [5, 5.41) is 7.00. The van der Waals surface area contributed by atoms with Crippen molar-refractivity contribution in [2.75, 3.05) is 19.0 Å². The van der Waals surface area contributed by atoms with Crippen molar-refractivity contribution < 1.29 is 9.26 Å². The Labute approximate surface area is 94.2 Å². The van der Waals surface area contributed by atoms with Crippen LogP contribution >= 0.6 is 0 Å². The normalized spacial score (nSPS) is 10.1. The Morgan fingerprint density at radius 1 is 1.31 bits per heavy atom. The lowest BCUT2D eigenvalue weighted by molar-refractivity contribution is 0.414. The molecule has 0 fully saturated rings. The number of aromatic nitrogens is 1. The van der Waals surface area contributed by atoms with E-state index in [0.717, 1.165) is 29.4 Å².